The number of para-hydroxylation sites is 1. The monoisotopic (exact) mass is 475 g/mol. The van der Waals surface area contributed by atoms with Crippen LogP contribution >= 0.6 is 27.3 Å². The molecule has 0 atom stereocenters. The van der Waals surface area contributed by atoms with Gasteiger partial charge in [-0.05, 0) is 41.3 Å². The number of carbonyl (C=O) groups is 1. The zero-order chi connectivity index (χ0) is 20.9. The van der Waals surface area contributed by atoms with E-state index in [9.17, 15) is 10.1 Å². The molecule has 0 saturated heterocycles. The number of benzene rings is 2. The summed E-state index contributed by atoms with van der Waals surface area (Å²) < 4.78 is 3.18. The Kier molecular flexibility index (Phi) is 6.12. The van der Waals surface area contributed by atoms with Crippen LogP contribution in [0.15, 0.2) is 82.3 Å². The maximum atomic E-state index is 12.5. The van der Waals surface area contributed by atoms with Crippen molar-refractivity contribution in [1.82, 2.24) is 9.88 Å². The minimum absolute atomic E-state index is 0.0955. The second kappa shape index (κ2) is 9.12. The Morgan fingerprint density at radius 1 is 1.13 bits per heavy atom. The van der Waals surface area contributed by atoms with Crippen molar-refractivity contribution in [3.05, 3.63) is 98.3 Å². The van der Waals surface area contributed by atoms with Crippen molar-refractivity contribution in [3.8, 4) is 6.07 Å². The summed E-state index contributed by atoms with van der Waals surface area (Å²) in [5.74, 6) is -0.365. The normalized spacial score (nSPS) is 11.4. The van der Waals surface area contributed by atoms with Crippen molar-refractivity contribution >= 4 is 50.2 Å². The van der Waals surface area contributed by atoms with Gasteiger partial charge in [0.25, 0.3) is 5.91 Å². The summed E-state index contributed by atoms with van der Waals surface area (Å²) in [6, 6.07) is 22.2. The molecule has 2 heterocycles. The van der Waals surface area contributed by atoms with Crippen molar-refractivity contribution in [2.24, 2.45) is 0 Å². The lowest BCUT2D eigenvalue weighted by Crippen LogP contribution is -2.23. The van der Waals surface area contributed by atoms with E-state index in [2.05, 4.69) is 44.0 Å². The molecule has 2 aromatic carbocycles. The summed E-state index contributed by atoms with van der Waals surface area (Å²) in [5.41, 5.74) is 3.18. The van der Waals surface area contributed by atoms with Gasteiger partial charge in [0.15, 0.2) is 0 Å². The van der Waals surface area contributed by atoms with Gasteiger partial charge < -0.3 is 9.88 Å². The smallest absolute Gasteiger partial charge is 0.262 e. The van der Waals surface area contributed by atoms with Crippen LogP contribution < -0.4 is 5.32 Å². The first-order chi connectivity index (χ1) is 14.6. The molecule has 0 unspecified atom stereocenters. The standard InChI is InChI=1S/C24H18BrN3OS/c25-20-9-7-17(8-10-20)15-28-16-19(22-5-1-2-6-23(22)28)12-18(13-26)24(29)27-14-21-4-3-11-30-21/h1-12,16H,14-15H2,(H,27,29)/b18-12+. The van der Waals surface area contributed by atoms with E-state index < -0.39 is 0 Å². The van der Waals surface area contributed by atoms with Gasteiger partial charge in [0.2, 0.25) is 0 Å². The summed E-state index contributed by atoms with van der Waals surface area (Å²) in [4.78, 5) is 13.6. The lowest BCUT2D eigenvalue weighted by molar-refractivity contribution is -0.117. The minimum atomic E-state index is -0.365. The highest BCUT2D eigenvalue weighted by atomic mass is 79.9. The number of halogens is 1. The lowest BCUT2D eigenvalue weighted by Gasteiger charge is -2.05. The van der Waals surface area contributed by atoms with Crippen LogP contribution in [0.5, 0.6) is 0 Å². The van der Waals surface area contributed by atoms with E-state index in [0.717, 1.165) is 25.8 Å². The second-order valence-corrected chi connectivity index (χ2v) is 8.74. The topological polar surface area (TPSA) is 57.8 Å². The Balaban J connectivity index is 1.63. The number of amides is 1. The third kappa shape index (κ3) is 4.54. The first kappa shape index (κ1) is 20.1. The fraction of sp³-hybridized carbons (Fsp3) is 0.0833. The number of fused-ring (bicyclic) bond motifs is 1. The summed E-state index contributed by atoms with van der Waals surface area (Å²) in [6.07, 6.45) is 3.67. The molecule has 0 aliphatic heterocycles. The summed E-state index contributed by atoms with van der Waals surface area (Å²) in [7, 11) is 0. The Morgan fingerprint density at radius 2 is 1.93 bits per heavy atom. The number of hydrogen-bond donors (Lipinski definition) is 1. The summed E-state index contributed by atoms with van der Waals surface area (Å²) in [6.45, 7) is 1.12. The van der Waals surface area contributed by atoms with Crippen molar-refractivity contribution < 1.29 is 4.79 Å². The molecule has 148 valence electrons. The third-order valence-electron chi connectivity index (χ3n) is 4.75. The highest BCUT2D eigenvalue weighted by molar-refractivity contribution is 9.10. The molecule has 4 aromatic rings. The van der Waals surface area contributed by atoms with Gasteiger partial charge in [-0.1, -0.05) is 52.3 Å². The van der Waals surface area contributed by atoms with Crippen molar-refractivity contribution in [2.45, 2.75) is 13.1 Å². The maximum Gasteiger partial charge on any atom is 0.262 e. The Hall–Kier alpha value is -3.14. The Labute approximate surface area is 187 Å². The van der Waals surface area contributed by atoms with Crippen LogP contribution in [0.2, 0.25) is 0 Å². The van der Waals surface area contributed by atoms with E-state index in [4.69, 9.17) is 0 Å². The van der Waals surface area contributed by atoms with E-state index in [1.165, 1.54) is 5.56 Å². The molecule has 4 rings (SSSR count). The Morgan fingerprint density at radius 3 is 2.67 bits per heavy atom. The number of hydrogen-bond acceptors (Lipinski definition) is 3. The van der Waals surface area contributed by atoms with E-state index in [-0.39, 0.29) is 11.5 Å². The van der Waals surface area contributed by atoms with E-state index in [1.807, 2.05) is 60.1 Å². The van der Waals surface area contributed by atoms with Gasteiger partial charge >= 0.3 is 0 Å². The first-order valence-corrected chi connectivity index (χ1v) is 11.1. The van der Waals surface area contributed by atoms with Crippen LogP contribution in [0, 0.1) is 11.3 Å². The molecule has 0 aliphatic rings. The highest BCUT2D eigenvalue weighted by Gasteiger charge is 2.13. The van der Waals surface area contributed by atoms with Gasteiger partial charge in [-0.2, -0.15) is 5.26 Å². The van der Waals surface area contributed by atoms with Crippen LogP contribution in [0.1, 0.15) is 16.0 Å². The number of thiophene rings is 1. The lowest BCUT2D eigenvalue weighted by atomic mass is 10.1. The predicted molar refractivity (Wildman–Crippen MR) is 125 cm³/mol. The van der Waals surface area contributed by atoms with Crippen LogP contribution in [-0.2, 0) is 17.9 Å². The molecular formula is C24H18BrN3OS. The molecule has 0 radical (unpaired) electrons. The molecular weight excluding hydrogens is 458 g/mol. The maximum absolute atomic E-state index is 12.5. The van der Waals surface area contributed by atoms with Crippen LogP contribution in [0.3, 0.4) is 0 Å². The van der Waals surface area contributed by atoms with Gasteiger partial charge in [0, 0.05) is 38.6 Å². The number of nitrogens with zero attached hydrogens (tertiary/aromatic N) is 2. The van der Waals surface area contributed by atoms with Gasteiger partial charge in [0.1, 0.15) is 11.6 Å². The van der Waals surface area contributed by atoms with Crippen molar-refractivity contribution in [3.63, 3.8) is 0 Å². The molecule has 30 heavy (non-hydrogen) atoms. The molecule has 6 heteroatoms. The van der Waals surface area contributed by atoms with E-state index in [1.54, 1.807) is 17.4 Å². The number of rotatable bonds is 6. The largest absolute Gasteiger partial charge is 0.347 e. The molecule has 0 fully saturated rings. The molecule has 0 saturated carbocycles. The quantitative estimate of drug-likeness (QED) is 0.285. The fourth-order valence-electron chi connectivity index (χ4n) is 3.29. The third-order valence-corrected chi connectivity index (χ3v) is 6.16. The van der Waals surface area contributed by atoms with E-state index >= 15 is 0 Å². The van der Waals surface area contributed by atoms with Gasteiger partial charge in [0.05, 0.1) is 6.54 Å². The molecule has 0 spiro atoms. The van der Waals surface area contributed by atoms with Crippen LogP contribution in [0.4, 0.5) is 0 Å². The minimum Gasteiger partial charge on any atom is -0.347 e. The zero-order valence-electron chi connectivity index (χ0n) is 16.0. The van der Waals surface area contributed by atoms with Gasteiger partial charge in [-0.25, -0.2) is 0 Å². The van der Waals surface area contributed by atoms with Crippen LogP contribution in [-0.4, -0.2) is 10.5 Å². The number of nitriles is 1. The van der Waals surface area contributed by atoms with Crippen molar-refractivity contribution in [1.29, 1.82) is 5.26 Å². The summed E-state index contributed by atoms with van der Waals surface area (Å²) in [5, 5.41) is 15.4. The van der Waals surface area contributed by atoms with Gasteiger partial charge in [-0.15, -0.1) is 11.3 Å². The summed E-state index contributed by atoms with van der Waals surface area (Å²) >= 11 is 5.04. The van der Waals surface area contributed by atoms with Gasteiger partial charge in [-0.3, -0.25) is 4.79 Å². The van der Waals surface area contributed by atoms with Crippen molar-refractivity contribution in [2.75, 3.05) is 0 Å². The number of aromatic nitrogens is 1. The average Bonchev–Trinajstić information content (AvgIpc) is 3.40. The van der Waals surface area contributed by atoms with Crippen LogP contribution in [0.25, 0.3) is 17.0 Å². The first-order valence-electron chi connectivity index (χ1n) is 9.39. The fourth-order valence-corrected chi connectivity index (χ4v) is 4.20. The molecule has 4 nitrogen and oxygen atoms in total. The molecule has 1 amide bonds. The Bertz CT molecular complexity index is 1250. The SMILES string of the molecule is N#C/C(=C\c1cn(Cc2ccc(Br)cc2)c2ccccc12)C(=O)NCc1cccs1. The number of nitrogens with one attached hydrogen (secondary N) is 1. The molecule has 0 bridgehead atoms. The van der Waals surface area contributed by atoms with E-state index in [0.29, 0.717) is 13.1 Å². The molecule has 1 N–H and O–H groups in total. The number of carbonyl (C=O) groups excluding carboxylic acids is 1. The second-order valence-electron chi connectivity index (χ2n) is 6.79. The zero-order valence-corrected chi connectivity index (χ0v) is 18.4. The highest BCUT2D eigenvalue weighted by Crippen LogP contribution is 2.25. The molecule has 0 aliphatic carbocycles. The predicted octanol–water partition coefficient (Wildman–Crippen LogP) is 5.74. The molecule has 2 aromatic heterocycles. The average molecular weight is 476 g/mol.